The standard InChI is InChI=1S/C23H30N6S/c1-3-24-23(26-20-11-13-28(14-12-20)22-9-6-16-30-22)25-17-19-7-4-5-8-21(19)29-15-10-18(2)27-29/h4-10,15-16,20H,3,11-14,17H2,1-2H3,(H2,24,25,26). The zero-order valence-corrected chi connectivity index (χ0v) is 18.5. The van der Waals surface area contributed by atoms with E-state index in [-0.39, 0.29) is 0 Å². The lowest BCUT2D eigenvalue weighted by Crippen LogP contribution is -2.48. The number of aromatic nitrogens is 2. The molecule has 0 aliphatic carbocycles. The van der Waals surface area contributed by atoms with Gasteiger partial charge in [0, 0.05) is 31.9 Å². The van der Waals surface area contributed by atoms with Gasteiger partial charge in [-0.15, -0.1) is 11.3 Å². The molecule has 0 radical (unpaired) electrons. The molecule has 2 N–H and O–H groups in total. The van der Waals surface area contributed by atoms with Crippen LogP contribution in [0.4, 0.5) is 5.00 Å². The van der Waals surface area contributed by atoms with E-state index in [1.165, 1.54) is 5.00 Å². The number of nitrogens with zero attached hydrogens (tertiary/aromatic N) is 4. The number of rotatable bonds is 6. The van der Waals surface area contributed by atoms with Gasteiger partial charge in [-0.25, -0.2) is 9.67 Å². The van der Waals surface area contributed by atoms with E-state index in [1.807, 2.05) is 41.3 Å². The molecule has 158 valence electrons. The third-order valence-electron chi connectivity index (χ3n) is 5.37. The molecule has 1 aliphatic heterocycles. The fourth-order valence-electron chi connectivity index (χ4n) is 3.79. The number of piperidine rings is 1. The fraction of sp³-hybridized carbons (Fsp3) is 0.391. The van der Waals surface area contributed by atoms with Crippen LogP contribution in [-0.2, 0) is 6.54 Å². The quantitative estimate of drug-likeness (QED) is 0.466. The molecule has 0 saturated carbocycles. The Labute approximate surface area is 182 Å². The summed E-state index contributed by atoms with van der Waals surface area (Å²) in [6.07, 6.45) is 4.24. The molecule has 0 amide bonds. The van der Waals surface area contributed by atoms with Crippen LogP contribution in [-0.4, -0.2) is 41.4 Å². The maximum Gasteiger partial charge on any atom is 0.191 e. The third-order valence-corrected chi connectivity index (χ3v) is 6.30. The summed E-state index contributed by atoms with van der Waals surface area (Å²) >= 11 is 1.82. The van der Waals surface area contributed by atoms with Gasteiger partial charge in [-0.1, -0.05) is 18.2 Å². The number of aliphatic imine (C=N–C) groups is 1. The van der Waals surface area contributed by atoms with Gasteiger partial charge in [0.25, 0.3) is 0 Å². The minimum absolute atomic E-state index is 0.447. The first kappa shape index (κ1) is 20.5. The highest BCUT2D eigenvalue weighted by atomic mass is 32.1. The van der Waals surface area contributed by atoms with Crippen LogP contribution in [0.25, 0.3) is 5.69 Å². The van der Waals surface area contributed by atoms with E-state index in [0.717, 1.165) is 55.4 Å². The Balaban J connectivity index is 1.40. The molecule has 0 unspecified atom stereocenters. The van der Waals surface area contributed by atoms with E-state index in [4.69, 9.17) is 4.99 Å². The summed E-state index contributed by atoms with van der Waals surface area (Å²) in [5.74, 6) is 0.888. The van der Waals surface area contributed by atoms with Crippen molar-refractivity contribution in [3.05, 3.63) is 65.3 Å². The van der Waals surface area contributed by atoms with Crippen LogP contribution in [0.3, 0.4) is 0 Å². The molecule has 6 nitrogen and oxygen atoms in total. The summed E-state index contributed by atoms with van der Waals surface area (Å²) in [6.45, 7) is 7.74. The lowest BCUT2D eigenvalue weighted by Gasteiger charge is -2.33. The highest BCUT2D eigenvalue weighted by Gasteiger charge is 2.20. The summed E-state index contributed by atoms with van der Waals surface area (Å²) in [5.41, 5.74) is 3.25. The normalized spacial score (nSPS) is 15.4. The lowest BCUT2D eigenvalue weighted by molar-refractivity contribution is 0.463. The Kier molecular flexibility index (Phi) is 6.69. The smallest absolute Gasteiger partial charge is 0.191 e. The van der Waals surface area contributed by atoms with Gasteiger partial charge >= 0.3 is 0 Å². The minimum Gasteiger partial charge on any atom is -0.363 e. The number of thiophene rings is 1. The van der Waals surface area contributed by atoms with Crippen LogP contribution in [0, 0.1) is 6.92 Å². The second-order valence-corrected chi connectivity index (χ2v) is 8.51. The zero-order chi connectivity index (χ0) is 20.8. The van der Waals surface area contributed by atoms with Crippen LogP contribution in [0.1, 0.15) is 31.0 Å². The average Bonchev–Trinajstić information content (AvgIpc) is 3.45. The molecule has 1 fully saturated rings. The van der Waals surface area contributed by atoms with E-state index in [9.17, 15) is 0 Å². The Morgan fingerprint density at radius 3 is 2.70 bits per heavy atom. The van der Waals surface area contributed by atoms with E-state index < -0.39 is 0 Å². The topological polar surface area (TPSA) is 57.5 Å². The predicted molar refractivity (Wildman–Crippen MR) is 126 cm³/mol. The van der Waals surface area contributed by atoms with Crippen LogP contribution < -0.4 is 15.5 Å². The van der Waals surface area contributed by atoms with Crippen molar-refractivity contribution in [3.63, 3.8) is 0 Å². The number of hydrogen-bond donors (Lipinski definition) is 2. The molecule has 1 saturated heterocycles. The van der Waals surface area contributed by atoms with Gasteiger partial charge in [0.05, 0.1) is 22.9 Å². The van der Waals surface area contributed by atoms with Crippen molar-refractivity contribution in [2.24, 2.45) is 4.99 Å². The van der Waals surface area contributed by atoms with E-state index >= 15 is 0 Å². The number of benzene rings is 1. The zero-order valence-electron chi connectivity index (χ0n) is 17.7. The van der Waals surface area contributed by atoms with Crippen LogP contribution in [0.15, 0.2) is 59.0 Å². The molecule has 3 aromatic rings. The van der Waals surface area contributed by atoms with Crippen LogP contribution in [0.2, 0.25) is 0 Å². The van der Waals surface area contributed by atoms with Gasteiger partial charge < -0.3 is 15.5 Å². The molecule has 4 rings (SSSR count). The molecule has 1 aliphatic rings. The second kappa shape index (κ2) is 9.80. The first-order valence-electron chi connectivity index (χ1n) is 10.7. The van der Waals surface area contributed by atoms with Crippen molar-refractivity contribution in [3.8, 4) is 5.69 Å². The maximum absolute atomic E-state index is 4.88. The average molecular weight is 423 g/mol. The molecule has 0 bridgehead atoms. The molecular formula is C23H30N6S. The van der Waals surface area contributed by atoms with E-state index in [0.29, 0.717) is 12.6 Å². The molecule has 7 heteroatoms. The van der Waals surface area contributed by atoms with Gasteiger partial charge in [0.1, 0.15) is 0 Å². The van der Waals surface area contributed by atoms with Gasteiger partial charge in [-0.3, -0.25) is 0 Å². The summed E-state index contributed by atoms with van der Waals surface area (Å²) < 4.78 is 1.93. The monoisotopic (exact) mass is 422 g/mol. The van der Waals surface area contributed by atoms with Crippen molar-refractivity contribution in [1.29, 1.82) is 0 Å². The number of para-hydroxylation sites is 1. The Bertz CT molecular complexity index is 954. The maximum atomic E-state index is 4.88. The van der Waals surface area contributed by atoms with Gasteiger partial charge in [0.15, 0.2) is 5.96 Å². The van der Waals surface area contributed by atoms with Crippen molar-refractivity contribution in [2.45, 2.75) is 39.3 Å². The van der Waals surface area contributed by atoms with Gasteiger partial charge in [0.2, 0.25) is 0 Å². The molecule has 30 heavy (non-hydrogen) atoms. The number of anilines is 1. The number of nitrogens with one attached hydrogen (secondary N) is 2. The van der Waals surface area contributed by atoms with Crippen LogP contribution >= 0.6 is 11.3 Å². The highest BCUT2D eigenvalue weighted by molar-refractivity contribution is 7.14. The van der Waals surface area contributed by atoms with Crippen molar-refractivity contribution < 1.29 is 0 Å². The number of hydrogen-bond acceptors (Lipinski definition) is 4. The van der Waals surface area contributed by atoms with E-state index in [2.05, 4.69) is 63.3 Å². The number of aryl methyl sites for hydroxylation is 1. The molecule has 2 aromatic heterocycles. The lowest BCUT2D eigenvalue weighted by atomic mass is 10.1. The Morgan fingerprint density at radius 1 is 1.17 bits per heavy atom. The molecule has 0 atom stereocenters. The molecule has 3 heterocycles. The summed E-state index contributed by atoms with van der Waals surface area (Å²) in [6, 6.07) is 15.1. The van der Waals surface area contributed by atoms with Crippen molar-refractivity contribution in [1.82, 2.24) is 20.4 Å². The molecule has 1 aromatic carbocycles. The Morgan fingerprint density at radius 2 is 2.00 bits per heavy atom. The fourth-order valence-corrected chi connectivity index (χ4v) is 4.57. The summed E-state index contributed by atoms with van der Waals surface area (Å²) in [4.78, 5) is 7.36. The minimum atomic E-state index is 0.447. The van der Waals surface area contributed by atoms with Crippen LogP contribution in [0.5, 0.6) is 0 Å². The third kappa shape index (κ3) is 5.02. The second-order valence-electron chi connectivity index (χ2n) is 7.58. The van der Waals surface area contributed by atoms with Crippen molar-refractivity contribution in [2.75, 3.05) is 24.5 Å². The molecule has 0 spiro atoms. The van der Waals surface area contributed by atoms with E-state index in [1.54, 1.807) is 0 Å². The summed E-state index contributed by atoms with van der Waals surface area (Å²) in [5, 5.41) is 15.1. The highest BCUT2D eigenvalue weighted by Crippen LogP contribution is 2.24. The van der Waals surface area contributed by atoms with Crippen molar-refractivity contribution >= 4 is 22.3 Å². The summed E-state index contributed by atoms with van der Waals surface area (Å²) in [7, 11) is 0. The first-order chi connectivity index (χ1) is 14.7. The van der Waals surface area contributed by atoms with Gasteiger partial charge in [-0.2, -0.15) is 5.10 Å². The Hall–Kier alpha value is -2.80. The molecular weight excluding hydrogens is 392 g/mol. The van der Waals surface area contributed by atoms with Gasteiger partial charge in [-0.05, 0) is 61.9 Å². The first-order valence-corrected chi connectivity index (χ1v) is 11.5. The number of guanidine groups is 1. The SMILES string of the molecule is CCNC(=NCc1ccccc1-n1ccc(C)n1)NC1CCN(c2cccs2)CC1. The predicted octanol–water partition coefficient (Wildman–Crippen LogP) is 3.97. The largest absolute Gasteiger partial charge is 0.363 e.